The maximum atomic E-state index is 10.8. The standard InChI is InChI=1S/C11H15NO3/c1-3-8(2)15-7-9-5-4-6-12-10(9)11(13)14/h4-6,8H,3,7H2,1-2H3,(H,13,14). The van der Waals surface area contributed by atoms with E-state index < -0.39 is 5.97 Å². The molecule has 1 aromatic heterocycles. The molecule has 0 saturated heterocycles. The van der Waals surface area contributed by atoms with Crippen molar-refractivity contribution >= 4 is 5.97 Å². The van der Waals surface area contributed by atoms with Crippen molar-refractivity contribution in [1.82, 2.24) is 4.98 Å². The molecule has 1 atom stereocenters. The van der Waals surface area contributed by atoms with Crippen LogP contribution in [0.2, 0.25) is 0 Å². The van der Waals surface area contributed by atoms with Crippen LogP contribution < -0.4 is 0 Å². The highest BCUT2D eigenvalue weighted by molar-refractivity contribution is 5.86. The first kappa shape index (κ1) is 11.7. The summed E-state index contributed by atoms with van der Waals surface area (Å²) >= 11 is 0. The predicted molar refractivity (Wildman–Crippen MR) is 55.7 cm³/mol. The highest BCUT2D eigenvalue weighted by Gasteiger charge is 2.11. The summed E-state index contributed by atoms with van der Waals surface area (Å²) in [4.78, 5) is 14.6. The minimum absolute atomic E-state index is 0.0702. The molecule has 0 radical (unpaired) electrons. The Morgan fingerprint density at radius 1 is 1.67 bits per heavy atom. The lowest BCUT2D eigenvalue weighted by Crippen LogP contribution is -2.10. The van der Waals surface area contributed by atoms with Gasteiger partial charge in [-0.05, 0) is 19.4 Å². The third kappa shape index (κ3) is 3.32. The van der Waals surface area contributed by atoms with Gasteiger partial charge in [-0.2, -0.15) is 0 Å². The van der Waals surface area contributed by atoms with Gasteiger partial charge in [0.15, 0.2) is 5.69 Å². The number of carbonyl (C=O) groups is 1. The Morgan fingerprint density at radius 2 is 2.40 bits per heavy atom. The molecular formula is C11H15NO3. The normalized spacial score (nSPS) is 12.4. The van der Waals surface area contributed by atoms with E-state index in [2.05, 4.69) is 4.98 Å². The monoisotopic (exact) mass is 209 g/mol. The summed E-state index contributed by atoms with van der Waals surface area (Å²) in [6.07, 6.45) is 2.51. The second-order valence-electron chi connectivity index (χ2n) is 3.35. The highest BCUT2D eigenvalue weighted by atomic mass is 16.5. The van der Waals surface area contributed by atoms with Crippen molar-refractivity contribution in [1.29, 1.82) is 0 Å². The summed E-state index contributed by atoms with van der Waals surface area (Å²) < 4.78 is 5.46. The topological polar surface area (TPSA) is 59.4 Å². The molecule has 1 rings (SSSR count). The first-order valence-corrected chi connectivity index (χ1v) is 4.94. The molecule has 4 heteroatoms. The molecule has 1 N–H and O–H groups in total. The molecule has 0 aliphatic rings. The quantitative estimate of drug-likeness (QED) is 0.806. The lowest BCUT2D eigenvalue weighted by Gasteiger charge is -2.11. The van der Waals surface area contributed by atoms with Gasteiger partial charge in [0, 0.05) is 11.8 Å². The molecule has 82 valence electrons. The number of ether oxygens (including phenoxy) is 1. The predicted octanol–water partition coefficient (Wildman–Crippen LogP) is 2.09. The van der Waals surface area contributed by atoms with Gasteiger partial charge in [0.2, 0.25) is 0 Å². The fourth-order valence-corrected chi connectivity index (χ4v) is 1.10. The third-order valence-corrected chi connectivity index (χ3v) is 2.19. The smallest absolute Gasteiger partial charge is 0.354 e. The number of hydrogen-bond donors (Lipinski definition) is 1. The van der Waals surface area contributed by atoms with Crippen LogP contribution in [-0.2, 0) is 11.3 Å². The summed E-state index contributed by atoms with van der Waals surface area (Å²) in [6, 6.07) is 3.43. The minimum Gasteiger partial charge on any atom is -0.477 e. The average molecular weight is 209 g/mol. The molecule has 4 nitrogen and oxygen atoms in total. The molecule has 0 aromatic carbocycles. The fraction of sp³-hybridized carbons (Fsp3) is 0.455. The zero-order valence-corrected chi connectivity index (χ0v) is 8.93. The first-order valence-electron chi connectivity index (χ1n) is 4.94. The maximum Gasteiger partial charge on any atom is 0.354 e. The van der Waals surface area contributed by atoms with E-state index in [1.54, 1.807) is 12.1 Å². The highest BCUT2D eigenvalue weighted by Crippen LogP contribution is 2.09. The van der Waals surface area contributed by atoms with E-state index in [9.17, 15) is 4.79 Å². The molecule has 0 saturated carbocycles. The lowest BCUT2D eigenvalue weighted by atomic mass is 10.2. The molecule has 1 unspecified atom stereocenters. The number of aromatic nitrogens is 1. The van der Waals surface area contributed by atoms with E-state index >= 15 is 0 Å². The van der Waals surface area contributed by atoms with Gasteiger partial charge >= 0.3 is 5.97 Å². The van der Waals surface area contributed by atoms with Crippen LogP contribution in [0.25, 0.3) is 0 Å². The molecule has 0 bridgehead atoms. The van der Waals surface area contributed by atoms with Crippen LogP contribution in [0.5, 0.6) is 0 Å². The number of carboxylic acids is 1. The second-order valence-corrected chi connectivity index (χ2v) is 3.35. The molecular weight excluding hydrogens is 194 g/mol. The van der Waals surface area contributed by atoms with Crippen LogP contribution >= 0.6 is 0 Å². The van der Waals surface area contributed by atoms with Gasteiger partial charge in [-0.25, -0.2) is 9.78 Å². The number of rotatable bonds is 5. The van der Waals surface area contributed by atoms with Crippen molar-refractivity contribution in [2.45, 2.75) is 33.0 Å². The van der Waals surface area contributed by atoms with Crippen molar-refractivity contribution in [3.63, 3.8) is 0 Å². The summed E-state index contributed by atoms with van der Waals surface area (Å²) in [7, 11) is 0. The molecule has 15 heavy (non-hydrogen) atoms. The summed E-state index contributed by atoms with van der Waals surface area (Å²) in [5.74, 6) is -1.02. The summed E-state index contributed by atoms with van der Waals surface area (Å²) in [5, 5.41) is 8.87. The van der Waals surface area contributed by atoms with E-state index in [-0.39, 0.29) is 11.8 Å². The Labute approximate surface area is 88.9 Å². The Balaban J connectivity index is 2.72. The number of carboxylic acid groups (broad SMARTS) is 1. The van der Waals surface area contributed by atoms with E-state index in [4.69, 9.17) is 9.84 Å². The zero-order valence-electron chi connectivity index (χ0n) is 8.93. The molecule has 0 aliphatic heterocycles. The van der Waals surface area contributed by atoms with Crippen LogP contribution in [0.4, 0.5) is 0 Å². The molecule has 0 amide bonds. The van der Waals surface area contributed by atoms with Crippen molar-refractivity contribution < 1.29 is 14.6 Å². The lowest BCUT2D eigenvalue weighted by molar-refractivity contribution is 0.0484. The number of aromatic carboxylic acids is 1. The molecule has 0 spiro atoms. The van der Waals surface area contributed by atoms with Gasteiger partial charge in [0.05, 0.1) is 12.7 Å². The Hall–Kier alpha value is -1.42. The van der Waals surface area contributed by atoms with Gasteiger partial charge < -0.3 is 9.84 Å². The van der Waals surface area contributed by atoms with Gasteiger partial charge in [-0.15, -0.1) is 0 Å². The summed E-state index contributed by atoms with van der Waals surface area (Å²) in [6.45, 7) is 4.27. The SMILES string of the molecule is CCC(C)OCc1cccnc1C(=O)O. The van der Waals surface area contributed by atoms with Crippen molar-refractivity contribution in [2.75, 3.05) is 0 Å². The molecule has 1 aromatic rings. The van der Waals surface area contributed by atoms with Crippen LogP contribution in [0.3, 0.4) is 0 Å². The molecule has 1 heterocycles. The van der Waals surface area contributed by atoms with E-state index in [0.717, 1.165) is 6.42 Å². The van der Waals surface area contributed by atoms with Crippen LogP contribution in [-0.4, -0.2) is 22.2 Å². The molecule has 0 aliphatic carbocycles. The van der Waals surface area contributed by atoms with Gasteiger partial charge in [0.1, 0.15) is 0 Å². The number of pyridine rings is 1. The second kappa shape index (κ2) is 5.46. The summed E-state index contributed by atoms with van der Waals surface area (Å²) in [5.41, 5.74) is 0.686. The van der Waals surface area contributed by atoms with E-state index in [0.29, 0.717) is 12.2 Å². The van der Waals surface area contributed by atoms with Crippen molar-refractivity contribution in [3.05, 3.63) is 29.6 Å². The molecule has 0 fully saturated rings. The third-order valence-electron chi connectivity index (χ3n) is 2.19. The van der Waals surface area contributed by atoms with Gasteiger partial charge in [0.25, 0.3) is 0 Å². The van der Waals surface area contributed by atoms with E-state index in [1.165, 1.54) is 6.20 Å². The van der Waals surface area contributed by atoms with Crippen LogP contribution in [0, 0.1) is 0 Å². The fourth-order valence-electron chi connectivity index (χ4n) is 1.10. The maximum absolute atomic E-state index is 10.8. The minimum atomic E-state index is -1.02. The van der Waals surface area contributed by atoms with Crippen LogP contribution in [0.1, 0.15) is 36.3 Å². The Kier molecular flexibility index (Phi) is 4.24. The zero-order chi connectivity index (χ0) is 11.3. The Morgan fingerprint density at radius 3 is 3.00 bits per heavy atom. The van der Waals surface area contributed by atoms with Gasteiger partial charge in [-0.3, -0.25) is 0 Å². The van der Waals surface area contributed by atoms with Crippen molar-refractivity contribution in [2.24, 2.45) is 0 Å². The largest absolute Gasteiger partial charge is 0.477 e. The number of nitrogens with zero attached hydrogens (tertiary/aromatic N) is 1. The van der Waals surface area contributed by atoms with Gasteiger partial charge in [-0.1, -0.05) is 13.0 Å². The van der Waals surface area contributed by atoms with E-state index in [1.807, 2.05) is 13.8 Å². The Bertz CT molecular complexity index is 338. The van der Waals surface area contributed by atoms with Crippen molar-refractivity contribution in [3.8, 4) is 0 Å². The first-order chi connectivity index (χ1) is 7.15. The number of hydrogen-bond acceptors (Lipinski definition) is 3. The average Bonchev–Trinajstić information content (AvgIpc) is 2.26. The van der Waals surface area contributed by atoms with Crippen LogP contribution in [0.15, 0.2) is 18.3 Å².